The zero-order valence-corrected chi connectivity index (χ0v) is 14.2. The Morgan fingerprint density at radius 1 is 1.33 bits per heavy atom. The summed E-state index contributed by atoms with van der Waals surface area (Å²) in [4.78, 5) is 25.3. The normalized spacial score (nSPS) is 15.8. The number of hydrogen-bond donors (Lipinski definition) is 1. The number of fused-ring (bicyclic) bond motifs is 1. The lowest BCUT2D eigenvalue weighted by molar-refractivity contribution is -0.380. The van der Waals surface area contributed by atoms with Crippen LogP contribution in [0.2, 0.25) is 0 Å². The number of amides is 1. The van der Waals surface area contributed by atoms with Crippen LogP contribution in [0.1, 0.15) is 18.7 Å². The number of benzene rings is 1. The van der Waals surface area contributed by atoms with Gasteiger partial charge in [-0.25, -0.2) is 0 Å². The van der Waals surface area contributed by atoms with Gasteiger partial charge in [-0.2, -0.15) is 0 Å². The van der Waals surface area contributed by atoms with Crippen LogP contribution in [0.3, 0.4) is 0 Å². The van der Waals surface area contributed by atoms with Gasteiger partial charge in [-0.1, -0.05) is 23.5 Å². The van der Waals surface area contributed by atoms with Crippen LogP contribution >= 0.6 is 11.3 Å². The van der Waals surface area contributed by atoms with Crippen LogP contribution in [0.25, 0.3) is 6.08 Å². The average Bonchev–Trinajstić information content (AvgIpc) is 3.00. The number of carbonyl (C=O) groups excluding carboxylic acids is 1. The van der Waals surface area contributed by atoms with Crippen LogP contribution in [-0.4, -0.2) is 22.9 Å². The van der Waals surface area contributed by atoms with E-state index in [2.05, 4.69) is 5.32 Å². The first-order valence-electron chi connectivity index (χ1n) is 7.47. The van der Waals surface area contributed by atoms with Gasteiger partial charge in [-0.05, 0) is 38.1 Å². The van der Waals surface area contributed by atoms with Gasteiger partial charge in [0.05, 0.1) is 16.3 Å². The molecule has 0 saturated carbocycles. The van der Waals surface area contributed by atoms with Crippen LogP contribution in [0.5, 0.6) is 0 Å². The van der Waals surface area contributed by atoms with Gasteiger partial charge in [0.15, 0.2) is 0 Å². The Morgan fingerprint density at radius 2 is 2.08 bits per heavy atom. The van der Waals surface area contributed by atoms with E-state index in [9.17, 15) is 14.9 Å². The highest BCUT2D eigenvalue weighted by Crippen LogP contribution is 2.34. The average molecular weight is 343 g/mol. The van der Waals surface area contributed by atoms with E-state index in [0.29, 0.717) is 11.4 Å². The molecule has 2 heterocycles. The summed E-state index contributed by atoms with van der Waals surface area (Å²) < 4.78 is 0. The fourth-order valence-electron chi connectivity index (χ4n) is 2.67. The van der Waals surface area contributed by atoms with E-state index < -0.39 is 4.92 Å². The van der Waals surface area contributed by atoms with Gasteiger partial charge < -0.3 is 10.2 Å². The number of hydrogen-bond acceptors (Lipinski definition) is 5. The minimum absolute atomic E-state index is 0.0655. The second kappa shape index (κ2) is 6.09. The van der Waals surface area contributed by atoms with Crippen molar-refractivity contribution in [2.24, 2.45) is 0 Å². The molecule has 0 aliphatic carbocycles. The van der Waals surface area contributed by atoms with Crippen molar-refractivity contribution in [3.63, 3.8) is 0 Å². The Morgan fingerprint density at radius 3 is 2.79 bits per heavy atom. The van der Waals surface area contributed by atoms with Crippen molar-refractivity contribution in [1.29, 1.82) is 0 Å². The maximum Gasteiger partial charge on any atom is 0.324 e. The molecule has 0 radical (unpaired) electrons. The number of carbonyl (C=O) groups is 1. The van der Waals surface area contributed by atoms with Crippen molar-refractivity contribution < 1.29 is 9.72 Å². The third-order valence-corrected chi connectivity index (χ3v) is 4.67. The summed E-state index contributed by atoms with van der Waals surface area (Å²) in [6, 6.07) is 10.8. The largest absolute Gasteiger partial charge is 0.377 e. The molecule has 0 bridgehead atoms. The van der Waals surface area contributed by atoms with Crippen LogP contribution in [0, 0.1) is 10.1 Å². The predicted octanol–water partition coefficient (Wildman–Crippen LogP) is 3.91. The monoisotopic (exact) mass is 343 g/mol. The summed E-state index contributed by atoms with van der Waals surface area (Å²) in [7, 11) is 0. The number of nitrogens with zero attached hydrogens (tertiary/aromatic N) is 2. The quantitative estimate of drug-likeness (QED) is 0.521. The van der Waals surface area contributed by atoms with Crippen molar-refractivity contribution in [3.05, 3.63) is 57.5 Å². The summed E-state index contributed by atoms with van der Waals surface area (Å²) in [5, 5.41) is 14.2. The molecule has 3 rings (SSSR count). The molecule has 7 heteroatoms. The molecule has 2 aromatic rings. The maximum atomic E-state index is 12.6. The molecule has 1 aliphatic heterocycles. The lowest BCUT2D eigenvalue weighted by atomic mass is 9.99. The number of nitro groups is 1. The Labute approximate surface area is 143 Å². The summed E-state index contributed by atoms with van der Waals surface area (Å²) in [5.41, 5.74) is 1.52. The highest BCUT2D eigenvalue weighted by atomic mass is 32.1. The second-order valence-corrected chi connectivity index (χ2v) is 7.31. The number of rotatable bonds is 3. The topological polar surface area (TPSA) is 75.5 Å². The predicted molar refractivity (Wildman–Crippen MR) is 96.5 cm³/mol. The highest BCUT2D eigenvalue weighted by molar-refractivity contribution is 7.16. The van der Waals surface area contributed by atoms with Crippen LogP contribution in [0.15, 0.2) is 42.5 Å². The fourth-order valence-corrected chi connectivity index (χ4v) is 3.39. The number of para-hydroxylation sites is 2. The molecule has 0 fully saturated rings. The molecule has 24 heavy (non-hydrogen) atoms. The molecule has 1 amide bonds. The summed E-state index contributed by atoms with van der Waals surface area (Å²) in [6.07, 6.45) is 3.09. The fraction of sp³-hybridized carbons (Fsp3) is 0.235. The third kappa shape index (κ3) is 3.30. The first-order valence-corrected chi connectivity index (χ1v) is 8.28. The van der Waals surface area contributed by atoms with E-state index >= 15 is 0 Å². The molecule has 1 aromatic carbocycles. The summed E-state index contributed by atoms with van der Waals surface area (Å²) in [6.45, 7) is 4.61. The molecule has 124 valence electrons. The number of nitrogens with one attached hydrogen (secondary N) is 1. The molecule has 1 aromatic heterocycles. The highest BCUT2D eigenvalue weighted by Gasteiger charge is 2.31. The summed E-state index contributed by atoms with van der Waals surface area (Å²) in [5.74, 6) is -0.145. The van der Waals surface area contributed by atoms with Gasteiger partial charge >= 0.3 is 5.00 Å². The number of anilines is 2. The lowest BCUT2D eigenvalue weighted by Crippen LogP contribution is -2.50. The van der Waals surface area contributed by atoms with Crippen molar-refractivity contribution in [3.8, 4) is 0 Å². The SMILES string of the molecule is CC1(C)CN(C(=O)/C=C/c2ccc([N+](=O)[O-])s2)c2ccccc2N1. The molecule has 6 nitrogen and oxygen atoms in total. The molecule has 0 saturated heterocycles. The first kappa shape index (κ1) is 16.2. The lowest BCUT2D eigenvalue weighted by Gasteiger charge is -2.40. The summed E-state index contributed by atoms with van der Waals surface area (Å²) >= 11 is 1.05. The van der Waals surface area contributed by atoms with Crippen LogP contribution in [0.4, 0.5) is 16.4 Å². The van der Waals surface area contributed by atoms with Crippen LogP contribution < -0.4 is 10.2 Å². The Balaban J connectivity index is 1.83. The minimum atomic E-state index is -0.432. The second-order valence-electron chi connectivity index (χ2n) is 6.22. The van der Waals surface area contributed by atoms with Crippen LogP contribution in [-0.2, 0) is 4.79 Å². The Kier molecular flexibility index (Phi) is 4.11. The Bertz CT molecular complexity index is 826. The smallest absolute Gasteiger partial charge is 0.324 e. The molecule has 0 atom stereocenters. The van der Waals surface area contributed by atoms with Gasteiger partial charge in [-0.3, -0.25) is 14.9 Å². The van der Waals surface area contributed by atoms with Crippen molar-refractivity contribution in [2.45, 2.75) is 19.4 Å². The van der Waals surface area contributed by atoms with E-state index in [1.807, 2.05) is 38.1 Å². The zero-order valence-electron chi connectivity index (χ0n) is 13.4. The van der Waals surface area contributed by atoms with Crippen molar-refractivity contribution >= 4 is 39.7 Å². The van der Waals surface area contributed by atoms with Gasteiger partial charge in [0, 0.05) is 29.1 Å². The molecular formula is C17H17N3O3S. The van der Waals surface area contributed by atoms with Gasteiger partial charge in [0.2, 0.25) is 0 Å². The molecule has 0 spiro atoms. The van der Waals surface area contributed by atoms with E-state index in [1.165, 1.54) is 12.1 Å². The zero-order chi connectivity index (χ0) is 17.3. The Hall–Kier alpha value is -2.67. The first-order chi connectivity index (χ1) is 11.4. The van der Waals surface area contributed by atoms with E-state index in [1.54, 1.807) is 17.0 Å². The van der Waals surface area contributed by atoms with Gasteiger partial charge in [-0.15, -0.1) is 0 Å². The van der Waals surface area contributed by atoms with E-state index in [-0.39, 0.29) is 16.4 Å². The van der Waals surface area contributed by atoms with E-state index in [0.717, 1.165) is 22.7 Å². The van der Waals surface area contributed by atoms with E-state index in [4.69, 9.17) is 0 Å². The molecule has 1 aliphatic rings. The molecule has 1 N–H and O–H groups in total. The van der Waals surface area contributed by atoms with Crippen molar-refractivity contribution in [2.75, 3.05) is 16.8 Å². The maximum absolute atomic E-state index is 12.6. The third-order valence-electron chi connectivity index (χ3n) is 3.67. The molecule has 0 unspecified atom stereocenters. The van der Waals surface area contributed by atoms with Gasteiger partial charge in [0.1, 0.15) is 0 Å². The molecular weight excluding hydrogens is 326 g/mol. The number of thiophene rings is 1. The van der Waals surface area contributed by atoms with Crippen molar-refractivity contribution in [1.82, 2.24) is 0 Å². The van der Waals surface area contributed by atoms with Gasteiger partial charge in [0.25, 0.3) is 5.91 Å². The standard InChI is InChI=1S/C17H17N3O3S/c1-17(2)11-19(14-6-4-3-5-13(14)18-17)15(21)9-7-12-8-10-16(24-12)20(22)23/h3-10,18H,11H2,1-2H3/b9-7+. The minimum Gasteiger partial charge on any atom is -0.377 e.